The molecule has 186 valence electrons. The summed E-state index contributed by atoms with van der Waals surface area (Å²) < 4.78 is 17.8. The molecule has 0 saturated heterocycles. The number of nitrogens with one attached hydrogen (secondary N) is 3. The Hall–Kier alpha value is -3.74. The van der Waals surface area contributed by atoms with Crippen LogP contribution in [0, 0.1) is 16.3 Å². The van der Waals surface area contributed by atoms with Gasteiger partial charge in [0, 0.05) is 29.6 Å². The van der Waals surface area contributed by atoms with Crippen LogP contribution in [0.1, 0.15) is 17.5 Å². The molecule has 0 unspecified atom stereocenters. The fourth-order valence-corrected chi connectivity index (χ4v) is 4.53. The number of halogens is 2. The van der Waals surface area contributed by atoms with Crippen LogP contribution in [-0.2, 0) is 18.3 Å². The van der Waals surface area contributed by atoms with Gasteiger partial charge in [-0.25, -0.2) is 9.18 Å². The topological polar surface area (TPSA) is 118 Å². The minimum Gasteiger partial charge on any atom is -0.359 e. The van der Waals surface area contributed by atoms with Gasteiger partial charge in [0.1, 0.15) is 17.0 Å². The summed E-state index contributed by atoms with van der Waals surface area (Å²) in [6, 6.07) is 11.5. The molecular formula is C25H23FIN5O4. The van der Waals surface area contributed by atoms with Crippen LogP contribution in [0.4, 0.5) is 15.9 Å². The predicted molar refractivity (Wildman–Crippen MR) is 145 cm³/mol. The first-order valence-corrected chi connectivity index (χ1v) is 12.1. The number of aryl methyl sites for hydroxylation is 2. The van der Waals surface area contributed by atoms with Gasteiger partial charge in [-0.2, -0.15) is 0 Å². The van der Waals surface area contributed by atoms with Gasteiger partial charge < -0.3 is 10.6 Å². The maximum absolute atomic E-state index is 14.6. The van der Waals surface area contributed by atoms with Gasteiger partial charge in [0.2, 0.25) is 5.91 Å². The Labute approximate surface area is 218 Å². The number of aromatic nitrogens is 3. The zero-order valence-corrected chi connectivity index (χ0v) is 21.9. The van der Waals surface area contributed by atoms with Crippen molar-refractivity contribution in [1.29, 1.82) is 0 Å². The summed E-state index contributed by atoms with van der Waals surface area (Å²) in [4.78, 5) is 53.3. The lowest BCUT2D eigenvalue weighted by atomic mass is 10.1. The van der Waals surface area contributed by atoms with E-state index in [4.69, 9.17) is 0 Å². The van der Waals surface area contributed by atoms with E-state index in [9.17, 15) is 23.6 Å². The lowest BCUT2D eigenvalue weighted by molar-refractivity contribution is -0.120. The summed E-state index contributed by atoms with van der Waals surface area (Å²) in [5.74, 6) is -0.631. The molecule has 2 aromatic carbocycles. The van der Waals surface area contributed by atoms with E-state index in [1.807, 2.05) is 28.7 Å². The number of anilines is 2. The molecule has 0 aliphatic rings. The van der Waals surface area contributed by atoms with Gasteiger partial charge in [-0.3, -0.25) is 28.5 Å². The highest BCUT2D eigenvalue weighted by atomic mass is 127. The largest absolute Gasteiger partial charge is 0.359 e. The second-order valence-corrected chi connectivity index (χ2v) is 9.49. The van der Waals surface area contributed by atoms with Crippen molar-refractivity contribution in [3.05, 3.63) is 94.2 Å². The highest BCUT2D eigenvalue weighted by Gasteiger charge is 2.21. The molecule has 0 radical (unpaired) electrons. The summed E-state index contributed by atoms with van der Waals surface area (Å²) >= 11 is 1.98. The molecule has 0 saturated carbocycles. The fraction of sp³-hybridized carbons (Fsp3) is 0.200. The number of amides is 1. The zero-order valence-electron chi connectivity index (χ0n) is 19.7. The monoisotopic (exact) mass is 603 g/mol. The third-order valence-electron chi connectivity index (χ3n) is 5.94. The zero-order chi connectivity index (χ0) is 26.1. The number of H-pyrrole nitrogens is 1. The normalized spacial score (nSPS) is 11.0. The maximum atomic E-state index is 14.6. The van der Waals surface area contributed by atoms with Crippen molar-refractivity contribution in [2.24, 2.45) is 7.05 Å². The molecule has 0 atom stereocenters. The van der Waals surface area contributed by atoms with Crippen LogP contribution in [0.15, 0.2) is 56.8 Å². The summed E-state index contributed by atoms with van der Waals surface area (Å²) in [5.41, 5.74) is -0.312. The number of benzene rings is 2. The van der Waals surface area contributed by atoms with Crippen LogP contribution in [-0.4, -0.2) is 27.1 Å². The second kappa shape index (κ2) is 10.1. The van der Waals surface area contributed by atoms with Gasteiger partial charge in [0.25, 0.3) is 11.1 Å². The average Bonchev–Trinajstić information content (AvgIpc) is 2.85. The molecule has 2 heterocycles. The van der Waals surface area contributed by atoms with Crippen molar-refractivity contribution in [3.8, 4) is 5.69 Å². The highest BCUT2D eigenvalue weighted by Crippen LogP contribution is 2.27. The van der Waals surface area contributed by atoms with E-state index in [1.165, 1.54) is 35.2 Å². The molecule has 2 aromatic heterocycles. The molecule has 1 amide bonds. The molecule has 0 bridgehead atoms. The van der Waals surface area contributed by atoms with Crippen LogP contribution < -0.4 is 27.4 Å². The molecule has 4 aromatic rings. The first kappa shape index (κ1) is 25.4. The van der Waals surface area contributed by atoms with Crippen LogP contribution >= 0.6 is 22.6 Å². The average molecular weight is 603 g/mol. The summed E-state index contributed by atoms with van der Waals surface area (Å²) in [6.45, 7) is 1.53. The van der Waals surface area contributed by atoms with Crippen molar-refractivity contribution in [2.75, 3.05) is 12.4 Å². The number of pyridine rings is 1. The maximum Gasteiger partial charge on any atom is 0.333 e. The minimum atomic E-state index is -0.723. The van der Waals surface area contributed by atoms with E-state index in [2.05, 4.69) is 15.6 Å². The van der Waals surface area contributed by atoms with E-state index >= 15 is 0 Å². The van der Waals surface area contributed by atoms with Crippen molar-refractivity contribution in [2.45, 2.75) is 19.8 Å². The third-order valence-corrected chi connectivity index (χ3v) is 6.61. The van der Waals surface area contributed by atoms with E-state index < -0.39 is 22.6 Å². The van der Waals surface area contributed by atoms with E-state index in [0.29, 0.717) is 15.7 Å². The molecule has 36 heavy (non-hydrogen) atoms. The van der Waals surface area contributed by atoms with Gasteiger partial charge in [-0.05, 0) is 71.8 Å². The second-order valence-electron chi connectivity index (χ2n) is 8.25. The van der Waals surface area contributed by atoms with Crippen molar-refractivity contribution in [3.63, 3.8) is 0 Å². The predicted octanol–water partition coefficient (Wildman–Crippen LogP) is 2.85. The number of fused-ring (bicyclic) bond motifs is 1. The Morgan fingerprint density at radius 2 is 1.89 bits per heavy atom. The van der Waals surface area contributed by atoms with Crippen LogP contribution in [0.5, 0.6) is 0 Å². The first-order valence-electron chi connectivity index (χ1n) is 11.0. The lowest BCUT2D eigenvalue weighted by Crippen LogP contribution is -2.34. The molecule has 0 aliphatic carbocycles. The van der Waals surface area contributed by atoms with E-state index in [0.717, 1.165) is 5.56 Å². The number of hydrogen-bond donors (Lipinski definition) is 3. The quantitative estimate of drug-likeness (QED) is 0.293. The van der Waals surface area contributed by atoms with Crippen molar-refractivity contribution < 1.29 is 9.18 Å². The van der Waals surface area contributed by atoms with Gasteiger partial charge in [-0.15, -0.1) is 0 Å². The van der Waals surface area contributed by atoms with Crippen molar-refractivity contribution >= 4 is 50.9 Å². The van der Waals surface area contributed by atoms with E-state index in [-0.39, 0.29) is 40.3 Å². The van der Waals surface area contributed by atoms with Crippen molar-refractivity contribution in [1.82, 2.24) is 19.4 Å². The minimum absolute atomic E-state index is 0.0305. The number of aromatic amines is 1. The Kier molecular flexibility index (Phi) is 7.11. The molecule has 0 spiro atoms. The molecule has 3 N–H and O–H groups in total. The summed E-state index contributed by atoms with van der Waals surface area (Å²) in [5, 5.41) is 5.47. The molecule has 9 nitrogen and oxygen atoms in total. The number of carbonyl (C=O) groups is 1. The van der Waals surface area contributed by atoms with Gasteiger partial charge in [0.05, 0.1) is 16.9 Å². The molecule has 11 heteroatoms. The van der Waals surface area contributed by atoms with Crippen LogP contribution in [0.25, 0.3) is 16.6 Å². The number of carbonyl (C=O) groups excluding carboxylic acids is 1. The number of nitrogens with zero attached hydrogens (tertiary/aromatic N) is 2. The Morgan fingerprint density at radius 1 is 1.14 bits per heavy atom. The fourth-order valence-electron chi connectivity index (χ4n) is 4.08. The number of hydrogen-bond acceptors (Lipinski definition) is 5. The number of rotatable bonds is 6. The Balaban J connectivity index is 1.98. The van der Waals surface area contributed by atoms with Crippen LogP contribution in [0.3, 0.4) is 0 Å². The molecular weight excluding hydrogens is 580 g/mol. The Bertz CT molecular complexity index is 1690. The van der Waals surface area contributed by atoms with E-state index in [1.54, 1.807) is 31.3 Å². The standard InChI is InChI=1S/C25H23FIN5O4/c1-13-21-20(22(31(3)24(13)35)29-18-9-8-15(27)12-17(18)26)23(34)30-25(36)32(21)16-6-4-5-14(11-16)7-10-19(33)28-2/h4-6,8-9,11-12,29H,7,10H2,1-3H3,(H,28,33)(H,30,34,36). The molecule has 4 rings (SSSR count). The van der Waals surface area contributed by atoms with Gasteiger partial charge in [-0.1, -0.05) is 12.1 Å². The third kappa shape index (κ3) is 4.70. The summed E-state index contributed by atoms with van der Waals surface area (Å²) in [6.07, 6.45) is 0.694. The lowest BCUT2D eigenvalue weighted by Gasteiger charge is -2.19. The summed E-state index contributed by atoms with van der Waals surface area (Å²) in [7, 11) is 3.03. The Morgan fingerprint density at radius 3 is 2.58 bits per heavy atom. The first-order chi connectivity index (χ1) is 17.1. The smallest absolute Gasteiger partial charge is 0.333 e. The SMILES string of the molecule is CNC(=O)CCc1cccc(-n2c(=O)[nH]c(=O)c3c(Nc4ccc(I)cc4F)n(C)c(=O)c(C)c32)c1. The molecule has 0 aliphatic heterocycles. The van der Waals surface area contributed by atoms with Gasteiger partial charge in [0.15, 0.2) is 0 Å². The van der Waals surface area contributed by atoms with Gasteiger partial charge >= 0.3 is 5.69 Å². The highest BCUT2D eigenvalue weighted by molar-refractivity contribution is 14.1. The van der Waals surface area contributed by atoms with Crippen LogP contribution in [0.2, 0.25) is 0 Å². The molecule has 0 fully saturated rings.